The van der Waals surface area contributed by atoms with Gasteiger partial charge in [-0.1, -0.05) is 0 Å². The molecular formula is C15H18N4O3. The normalized spacial score (nSPS) is 15.0. The number of aromatic hydroxyl groups is 1. The fraction of sp³-hybridized carbons (Fsp3) is 0.333. The highest BCUT2D eigenvalue weighted by atomic mass is 16.5. The van der Waals surface area contributed by atoms with E-state index < -0.39 is 6.10 Å². The van der Waals surface area contributed by atoms with Crippen molar-refractivity contribution in [2.75, 3.05) is 11.9 Å². The third kappa shape index (κ3) is 3.04. The number of ether oxygens (including phenoxy) is 1. The summed E-state index contributed by atoms with van der Waals surface area (Å²) in [5, 5.41) is 22.4. The number of carbonyl (C=O) groups excluding carboxylic acids is 1. The number of hydrogen-bond donors (Lipinski definition) is 4. The molecule has 1 aliphatic heterocycles. The summed E-state index contributed by atoms with van der Waals surface area (Å²) >= 11 is 0. The van der Waals surface area contributed by atoms with E-state index in [1.54, 1.807) is 19.1 Å². The van der Waals surface area contributed by atoms with Crippen molar-refractivity contribution >= 4 is 11.7 Å². The molecule has 1 unspecified atom stereocenters. The number of rotatable bonds is 4. The van der Waals surface area contributed by atoms with E-state index in [0.29, 0.717) is 18.1 Å². The summed E-state index contributed by atoms with van der Waals surface area (Å²) < 4.78 is 5.55. The number of nitrogens with one attached hydrogen (secondary N) is 3. The lowest BCUT2D eigenvalue weighted by Gasteiger charge is -2.16. The average molecular weight is 302 g/mol. The van der Waals surface area contributed by atoms with Crippen LogP contribution in [0.1, 0.15) is 18.2 Å². The summed E-state index contributed by atoms with van der Waals surface area (Å²) in [6.07, 6.45) is 0.200. The fourth-order valence-corrected chi connectivity index (χ4v) is 2.33. The Bertz CT molecular complexity index is 666. The van der Waals surface area contributed by atoms with Crippen LogP contribution in [0.3, 0.4) is 0 Å². The zero-order chi connectivity index (χ0) is 15.5. The monoisotopic (exact) mass is 302 g/mol. The standard InChI is InChI=1S/C15H18N4O3/c1-9(22-11-4-2-10(20)3-5-11)15(21)17-14-12-8-16-7-6-13(12)18-19-14/h2-5,9,16,20H,6-8H2,1H3,(H2,17,18,19,21). The van der Waals surface area contributed by atoms with Crippen LogP contribution in [-0.4, -0.2) is 33.9 Å². The second-order valence-corrected chi connectivity index (χ2v) is 5.20. The average Bonchev–Trinajstić information content (AvgIpc) is 2.93. The zero-order valence-corrected chi connectivity index (χ0v) is 12.2. The summed E-state index contributed by atoms with van der Waals surface area (Å²) in [6, 6.07) is 6.24. The van der Waals surface area contributed by atoms with Gasteiger partial charge < -0.3 is 20.5 Å². The van der Waals surface area contributed by atoms with Crippen molar-refractivity contribution in [2.24, 2.45) is 0 Å². The first-order chi connectivity index (χ1) is 10.6. The Morgan fingerprint density at radius 3 is 2.95 bits per heavy atom. The maximum atomic E-state index is 12.2. The van der Waals surface area contributed by atoms with Crippen LogP contribution in [0.15, 0.2) is 24.3 Å². The topological polar surface area (TPSA) is 99.3 Å². The number of hydrogen-bond acceptors (Lipinski definition) is 5. The Morgan fingerprint density at radius 1 is 1.41 bits per heavy atom. The molecule has 1 amide bonds. The van der Waals surface area contributed by atoms with Crippen molar-refractivity contribution in [3.8, 4) is 11.5 Å². The van der Waals surface area contributed by atoms with Crippen LogP contribution in [0.5, 0.6) is 11.5 Å². The van der Waals surface area contributed by atoms with Crippen LogP contribution >= 0.6 is 0 Å². The first-order valence-electron chi connectivity index (χ1n) is 7.17. The highest BCUT2D eigenvalue weighted by molar-refractivity contribution is 5.94. The molecule has 0 bridgehead atoms. The van der Waals surface area contributed by atoms with Crippen LogP contribution in [0.25, 0.3) is 0 Å². The van der Waals surface area contributed by atoms with E-state index in [9.17, 15) is 9.90 Å². The molecule has 1 aromatic carbocycles. The Hall–Kier alpha value is -2.54. The first kappa shape index (κ1) is 14.4. The van der Waals surface area contributed by atoms with Crippen molar-refractivity contribution in [1.82, 2.24) is 15.5 Å². The number of nitrogens with zero attached hydrogens (tertiary/aromatic N) is 1. The molecule has 7 heteroatoms. The van der Waals surface area contributed by atoms with Gasteiger partial charge in [-0.25, -0.2) is 0 Å². The van der Waals surface area contributed by atoms with Gasteiger partial charge in [0.05, 0.1) is 0 Å². The molecule has 0 spiro atoms. The minimum absolute atomic E-state index is 0.153. The van der Waals surface area contributed by atoms with E-state index in [1.807, 2.05) is 0 Å². The number of aromatic amines is 1. The van der Waals surface area contributed by atoms with Gasteiger partial charge in [-0.15, -0.1) is 0 Å². The van der Waals surface area contributed by atoms with E-state index in [-0.39, 0.29) is 11.7 Å². The molecule has 1 aromatic heterocycles. The quantitative estimate of drug-likeness (QED) is 0.679. The first-order valence-corrected chi connectivity index (χ1v) is 7.17. The van der Waals surface area contributed by atoms with E-state index in [4.69, 9.17) is 4.74 Å². The van der Waals surface area contributed by atoms with Crippen molar-refractivity contribution in [3.05, 3.63) is 35.5 Å². The van der Waals surface area contributed by atoms with Crippen LogP contribution in [0.2, 0.25) is 0 Å². The molecule has 22 heavy (non-hydrogen) atoms. The molecule has 2 heterocycles. The van der Waals surface area contributed by atoms with E-state index >= 15 is 0 Å². The molecule has 116 valence electrons. The van der Waals surface area contributed by atoms with Crippen LogP contribution in [-0.2, 0) is 17.8 Å². The van der Waals surface area contributed by atoms with Crippen LogP contribution in [0, 0.1) is 0 Å². The number of anilines is 1. The third-order valence-electron chi connectivity index (χ3n) is 3.57. The zero-order valence-electron chi connectivity index (χ0n) is 12.2. The molecule has 0 saturated heterocycles. The van der Waals surface area contributed by atoms with Gasteiger partial charge in [-0.2, -0.15) is 5.10 Å². The van der Waals surface area contributed by atoms with Gasteiger partial charge in [0.15, 0.2) is 11.9 Å². The summed E-state index contributed by atoms with van der Waals surface area (Å²) in [5.41, 5.74) is 2.05. The summed E-state index contributed by atoms with van der Waals surface area (Å²) in [6.45, 7) is 3.26. The second-order valence-electron chi connectivity index (χ2n) is 5.20. The minimum Gasteiger partial charge on any atom is -0.508 e. The highest BCUT2D eigenvalue weighted by Gasteiger charge is 2.21. The number of amides is 1. The summed E-state index contributed by atoms with van der Waals surface area (Å²) in [4.78, 5) is 12.2. The van der Waals surface area contributed by atoms with E-state index in [1.165, 1.54) is 12.1 Å². The Morgan fingerprint density at radius 2 is 2.18 bits per heavy atom. The summed E-state index contributed by atoms with van der Waals surface area (Å²) in [5.74, 6) is 0.951. The molecule has 1 atom stereocenters. The van der Waals surface area contributed by atoms with Crippen LogP contribution < -0.4 is 15.4 Å². The van der Waals surface area contributed by atoms with Gasteiger partial charge >= 0.3 is 0 Å². The molecule has 4 N–H and O–H groups in total. The number of carbonyl (C=O) groups is 1. The lowest BCUT2D eigenvalue weighted by molar-refractivity contribution is -0.122. The number of fused-ring (bicyclic) bond motifs is 1. The molecule has 0 aliphatic carbocycles. The van der Waals surface area contributed by atoms with Crippen molar-refractivity contribution in [1.29, 1.82) is 0 Å². The predicted molar refractivity (Wildman–Crippen MR) is 80.8 cm³/mol. The molecule has 2 aromatic rings. The van der Waals surface area contributed by atoms with Crippen molar-refractivity contribution in [3.63, 3.8) is 0 Å². The smallest absolute Gasteiger partial charge is 0.266 e. The molecule has 1 aliphatic rings. The molecule has 3 rings (SSSR count). The maximum Gasteiger partial charge on any atom is 0.266 e. The van der Waals surface area contributed by atoms with Crippen LogP contribution in [0.4, 0.5) is 5.82 Å². The lowest BCUT2D eigenvalue weighted by Crippen LogP contribution is -2.31. The van der Waals surface area contributed by atoms with Gasteiger partial charge in [0.1, 0.15) is 11.5 Å². The van der Waals surface area contributed by atoms with E-state index in [0.717, 1.165) is 24.2 Å². The van der Waals surface area contributed by atoms with E-state index in [2.05, 4.69) is 20.8 Å². The highest BCUT2D eigenvalue weighted by Crippen LogP contribution is 2.21. The second kappa shape index (κ2) is 6.07. The Kier molecular flexibility index (Phi) is 3.97. The molecule has 7 nitrogen and oxygen atoms in total. The number of phenolic OH excluding ortho intramolecular Hbond substituents is 1. The third-order valence-corrected chi connectivity index (χ3v) is 3.57. The predicted octanol–water partition coefficient (Wildman–Crippen LogP) is 1.17. The molecule has 0 fully saturated rings. The SMILES string of the molecule is CC(Oc1ccc(O)cc1)C(=O)Nc1n[nH]c2c1CNCC2. The van der Waals surface area contributed by atoms with Crippen molar-refractivity contribution < 1.29 is 14.6 Å². The number of H-pyrrole nitrogens is 1. The van der Waals surface area contributed by atoms with Crippen molar-refractivity contribution in [2.45, 2.75) is 26.0 Å². The largest absolute Gasteiger partial charge is 0.508 e. The minimum atomic E-state index is -0.673. The number of benzene rings is 1. The molecule has 0 radical (unpaired) electrons. The van der Waals surface area contributed by atoms with Gasteiger partial charge in [-0.3, -0.25) is 9.89 Å². The van der Waals surface area contributed by atoms with Gasteiger partial charge in [0.2, 0.25) is 0 Å². The van der Waals surface area contributed by atoms with Gasteiger partial charge in [-0.05, 0) is 31.2 Å². The summed E-state index contributed by atoms with van der Waals surface area (Å²) in [7, 11) is 0. The Labute approximate surface area is 127 Å². The lowest BCUT2D eigenvalue weighted by atomic mass is 10.1. The van der Waals surface area contributed by atoms with Gasteiger partial charge in [0.25, 0.3) is 5.91 Å². The number of aromatic nitrogens is 2. The number of phenols is 1. The maximum absolute atomic E-state index is 12.2. The molecule has 0 saturated carbocycles. The molecular weight excluding hydrogens is 284 g/mol. The van der Waals surface area contributed by atoms with Gasteiger partial charge in [0, 0.05) is 30.8 Å². The Balaban J connectivity index is 1.64. The fourth-order valence-electron chi connectivity index (χ4n) is 2.33.